The van der Waals surface area contributed by atoms with E-state index < -0.39 is 10.0 Å². The number of rotatable bonds is 4. The summed E-state index contributed by atoms with van der Waals surface area (Å²) in [5.74, 6) is 0.426. The third kappa shape index (κ3) is 3.66. The Balaban J connectivity index is 1.94. The molecule has 122 valence electrons. The zero-order chi connectivity index (χ0) is 16.3. The first-order valence-electron chi connectivity index (χ1n) is 7.06. The predicted octanol–water partition coefficient (Wildman–Crippen LogP) is 1.14. The van der Waals surface area contributed by atoms with Crippen molar-refractivity contribution in [1.29, 1.82) is 0 Å². The monoisotopic (exact) mass is 354 g/mol. The number of hydrogen-bond acceptors (Lipinski definition) is 6. The van der Waals surface area contributed by atoms with Gasteiger partial charge in [-0.2, -0.15) is 4.31 Å². The van der Waals surface area contributed by atoms with E-state index in [-0.39, 0.29) is 16.6 Å². The maximum atomic E-state index is 12.9. The van der Waals surface area contributed by atoms with Crippen LogP contribution in [0.1, 0.15) is 11.4 Å². The molecule has 1 aromatic carbocycles. The Morgan fingerprint density at radius 1 is 1.17 bits per heavy atom. The molecule has 0 atom stereocenters. The lowest BCUT2D eigenvalue weighted by atomic mass is 10.1. The second-order valence-electron chi connectivity index (χ2n) is 4.97. The van der Waals surface area contributed by atoms with Gasteiger partial charge in [0, 0.05) is 19.5 Å². The van der Waals surface area contributed by atoms with Crippen LogP contribution in [0.5, 0.6) is 0 Å². The molecule has 0 spiro atoms. The Morgan fingerprint density at radius 3 is 2.65 bits per heavy atom. The van der Waals surface area contributed by atoms with Gasteiger partial charge in [-0.15, -0.1) is 0 Å². The van der Waals surface area contributed by atoms with Gasteiger partial charge in [0.15, 0.2) is 0 Å². The van der Waals surface area contributed by atoms with E-state index in [1.165, 1.54) is 10.6 Å². The molecule has 0 unspecified atom stereocenters. The van der Waals surface area contributed by atoms with Crippen LogP contribution < -0.4 is 0 Å². The summed E-state index contributed by atoms with van der Waals surface area (Å²) in [6, 6.07) is 6.85. The molecular weight excluding hydrogens is 340 g/mol. The summed E-state index contributed by atoms with van der Waals surface area (Å²) in [6.07, 6.45) is 1.58. The van der Waals surface area contributed by atoms with Crippen molar-refractivity contribution in [1.82, 2.24) is 19.3 Å². The number of aromatic nitrogens is 3. The quantitative estimate of drug-likeness (QED) is 0.818. The molecule has 9 heteroatoms. The van der Waals surface area contributed by atoms with Crippen LogP contribution in [0.25, 0.3) is 0 Å². The third-order valence-corrected chi connectivity index (χ3v) is 5.68. The van der Waals surface area contributed by atoms with Crippen molar-refractivity contribution in [3.8, 4) is 0 Å². The van der Waals surface area contributed by atoms with Gasteiger partial charge in [-0.05, 0) is 23.2 Å². The van der Waals surface area contributed by atoms with E-state index in [1.54, 1.807) is 24.3 Å². The molecule has 2 heterocycles. The summed E-state index contributed by atoms with van der Waals surface area (Å²) < 4.78 is 32.4. The normalized spacial score (nSPS) is 16.4. The highest BCUT2D eigenvalue weighted by molar-refractivity contribution is 7.89. The van der Waals surface area contributed by atoms with Crippen molar-refractivity contribution in [2.24, 2.45) is 0 Å². The first kappa shape index (κ1) is 16.3. The van der Waals surface area contributed by atoms with E-state index in [2.05, 4.69) is 15.0 Å². The van der Waals surface area contributed by atoms with Crippen LogP contribution >= 0.6 is 11.6 Å². The SMILES string of the molecule is O=S(=O)(c1ccccc1Cc1ncnc(Cl)n1)N1CCOCC1. The van der Waals surface area contributed by atoms with E-state index in [9.17, 15) is 8.42 Å². The Bertz CT molecular complexity index is 794. The number of hydrogen-bond donors (Lipinski definition) is 0. The zero-order valence-electron chi connectivity index (χ0n) is 12.2. The molecule has 0 bridgehead atoms. The third-order valence-electron chi connectivity index (χ3n) is 3.50. The fraction of sp³-hybridized carbons (Fsp3) is 0.357. The molecule has 0 radical (unpaired) electrons. The van der Waals surface area contributed by atoms with Crippen LogP contribution in [0.2, 0.25) is 5.28 Å². The second-order valence-corrected chi connectivity index (χ2v) is 7.22. The van der Waals surface area contributed by atoms with Crippen LogP contribution in [0.4, 0.5) is 0 Å². The van der Waals surface area contributed by atoms with E-state index in [4.69, 9.17) is 16.3 Å². The second kappa shape index (κ2) is 6.88. The van der Waals surface area contributed by atoms with Crippen molar-refractivity contribution in [2.45, 2.75) is 11.3 Å². The van der Waals surface area contributed by atoms with Crippen molar-refractivity contribution in [3.63, 3.8) is 0 Å². The van der Waals surface area contributed by atoms with E-state index in [0.717, 1.165) is 0 Å². The lowest BCUT2D eigenvalue weighted by Gasteiger charge is -2.26. The first-order chi connectivity index (χ1) is 11.1. The Morgan fingerprint density at radius 2 is 1.91 bits per heavy atom. The van der Waals surface area contributed by atoms with Crippen molar-refractivity contribution in [3.05, 3.63) is 47.3 Å². The van der Waals surface area contributed by atoms with Crippen LogP contribution in [-0.2, 0) is 21.2 Å². The predicted molar refractivity (Wildman–Crippen MR) is 83.7 cm³/mol. The minimum Gasteiger partial charge on any atom is -0.379 e. The molecule has 2 aromatic rings. The molecule has 0 N–H and O–H groups in total. The summed E-state index contributed by atoms with van der Waals surface area (Å²) in [7, 11) is -3.57. The van der Waals surface area contributed by atoms with E-state index in [0.29, 0.717) is 37.7 Å². The first-order valence-corrected chi connectivity index (χ1v) is 8.88. The molecule has 7 nitrogen and oxygen atoms in total. The lowest BCUT2D eigenvalue weighted by molar-refractivity contribution is 0.0730. The molecule has 1 aliphatic rings. The van der Waals surface area contributed by atoms with Crippen molar-refractivity contribution in [2.75, 3.05) is 26.3 Å². The van der Waals surface area contributed by atoms with E-state index >= 15 is 0 Å². The van der Waals surface area contributed by atoms with Gasteiger partial charge < -0.3 is 4.74 Å². The summed E-state index contributed by atoms with van der Waals surface area (Å²) in [5.41, 5.74) is 0.626. The van der Waals surface area contributed by atoms with Crippen LogP contribution in [-0.4, -0.2) is 54.0 Å². The smallest absolute Gasteiger partial charge is 0.243 e. The fourth-order valence-electron chi connectivity index (χ4n) is 2.39. The van der Waals surface area contributed by atoms with Gasteiger partial charge in [-0.3, -0.25) is 0 Å². The maximum absolute atomic E-state index is 12.9. The molecule has 0 saturated carbocycles. The molecule has 1 aromatic heterocycles. The topological polar surface area (TPSA) is 85.3 Å². The van der Waals surface area contributed by atoms with Crippen LogP contribution in [0, 0.1) is 0 Å². The number of halogens is 1. The van der Waals surface area contributed by atoms with Gasteiger partial charge in [-0.25, -0.2) is 23.4 Å². The van der Waals surface area contributed by atoms with Crippen molar-refractivity contribution >= 4 is 21.6 Å². The molecule has 1 fully saturated rings. The number of nitrogens with zero attached hydrogens (tertiary/aromatic N) is 4. The molecule has 3 rings (SSSR count). The average Bonchev–Trinajstić information content (AvgIpc) is 2.56. The molecule has 1 aliphatic heterocycles. The Labute approximate surface area is 139 Å². The van der Waals surface area contributed by atoms with Crippen LogP contribution in [0.15, 0.2) is 35.5 Å². The number of morpholine rings is 1. The largest absolute Gasteiger partial charge is 0.379 e. The lowest BCUT2D eigenvalue weighted by Crippen LogP contribution is -2.40. The molecule has 0 aliphatic carbocycles. The Hall–Kier alpha value is -1.61. The van der Waals surface area contributed by atoms with Crippen molar-refractivity contribution < 1.29 is 13.2 Å². The highest BCUT2D eigenvalue weighted by atomic mass is 35.5. The fourth-order valence-corrected chi connectivity index (χ4v) is 4.16. The standard InChI is InChI=1S/C14H15ClN4O3S/c15-14-17-10-16-13(18-14)9-11-3-1-2-4-12(11)23(20,21)19-5-7-22-8-6-19/h1-4,10H,5-9H2. The average molecular weight is 355 g/mol. The molecule has 1 saturated heterocycles. The van der Waals surface area contributed by atoms with Gasteiger partial charge in [0.1, 0.15) is 12.2 Å². The van der Waals surface area contributed by atoms with Gasteiger partial charge >= 0.3 is 0 Å². The van der Waals surface area contributed by atoms with Gasteiger partial charge in [0.05, 0.1) is 18.1 Å². The van der Waals surface area contributed by atoms with Gasteiger partial charge in [-0.1, -0.05) is 18.2 Å². The van der Waals surface area contributed by atoms with E-state index in [1.807, 2.05) is 0 Å². The minimum absolute atomic E-state index is 0.0866. The highest BCUT2D eigenvalue weighted by Gasteiger charge is 2.28. The Kier molecular flexibility index (Phi) is 4.86. The summed E-state index contributed by atoms with van der Waals surface area (Å²) in [4.78, 5) is 12.0. The molecule has 0 amide bonds. The van der Waals surface area contributed by atoms with Gasteiger partial charge in [0.2, 0.25) is 15.3 Å². The highest BCUT2D eigenvalue weighted by Crippen LogP contribution is 2.22. The number of benzene rings is 1. The van der Waals surface area contributed by atoms with Gasteiger partial charge in [0.25, 0.3) is 0 Å². The zero-order valence-corrected chi connectivity index (χ0v) is 13.8. The summed E-state index contributed by atoms with van der Waals surface area (Å²) in [5, 5.41) is 0.0866. The number of ether oxygens (including phenoxy) is 1. The minimum atomic E-state index is -3.57. The summed E-state index contributed by atoms with van der Waals surface area (Å²) in [6.45, 7) is 1.53. The molecular formula is C14H15ClN4O3S. The molecule has 23 heavy (non-hydrogen) atoms. The maximum Gasteiger partial charge on any atom is 0.243 e. The number of sulfonamides is 1. The summed E-state index contributed by atoms with van der Waals surface area (Å²) >= 11 is 5.76. The van der Waals surface area contributed by atoms with Crippen LogP contribution in [0.3, 0.4) is 0 Å².